The molecule has 3 rings (SSSR count). The lowest BCUT2D eigenvalue weighted by molar-refractivity contribution is 0.108. The van der Waals surface area contributed by atoms with Crippen LogP contribution in [-0.4, -0.2) is 11.2 Å². The van der Waals surface area contributed by atoms with E-state index in [1.54, 1.807) is 0 Å². The van der Waals surface area contributed by atoms with Crippen LogP contribution in [0.1, 0.15) is 19.3 Å². The van der Waals surface area contributed by atoms with Crippen molar-refractivity contribution in [1.29, 1.82) is 0 Å². The Bertz CT molecular complexity index is 209. The number of hydrogen-bond donors (Lipinski definition) is 1. The Kier molecular flexibility index (Phi) is 1.07. The van der Waals surface area contributed by atoms with Crippen molar-refractivity contribution >= 4 is 0 Å². The minimum absolute atomic E-state index is 0.0277. The summed E-state index contributed by atoms with van der Waals surface area (Å²) in [6, 6.07) is 0. The Morgan fingerprint density at radius 1 is 1.09 bits per heavy atom. The van der Waals surface area contributed by atoms with Crippen LogP contribution < -0.4 is 0 Å². The summed E-state index contributed by atoms with van der Waals surface area (Å²) in [6.45, 7) is 0. The molecule has 1 N–H and O–H groups in total. The summed E-state index contributed by atoms with van der Waals surface area (Å²) in [5.41, 5.74) is 0. The highest BCUT2D eigenvalue weighted by Gasteiger charge is 2.50. The van der Waals surface area contributed by atoms with Crippen LogP contribution in [0.25, 0.3) is 0 Å². The molecule has 3 aliphatic carbocycles. The van der Waals surface area contributed by atoms with E-state index in [9.17, 15) is 5.11 Å². The number of allylic oxidation sites excluding steroid dienone is 2. The molecule has 2 bridgehead atoms. The van der Waals surface area contributed by atoms with Gasteiger partial charge >= 0.3 is 0 Å². The first-order chi connectivity index (χ1) is 5.36. The first kappa shape index (κ1) is 6.24. The summed E-state index contributed by atoms with van der Waals surface area (Å²) in [6.07, 6.45) is 8.41. The summed E-state index contributed by atoms with van der Waals surface area (Å²) >= 11 is 0. The second-order valence-electron chi connectivity index (χ2n) is 4.33. The van der Waals surface area contributed by atoms with Gasteiger partial charge < -0.3 is 5.11 Å². The van der Waals surface area contributed by atoms with E-state index in [-0.39, 0.29) is 6.10 Å². The molecule has 3 aliphatic rings. The lowest BCUT2D eigenvalue weighted by atomic mass is 9.85. The zero-order chi connectivity index (χ0) is 7.42. The van der Waals surface area contributed by atoms with E-state index >= 15 is 0 Å². The first-order valence-corrected chi connectivity index (χ1v) is 4.72. The van der Waals surface area contributed by atoms with Gasteiger partial charge in [0.25, 0.3) is 0 Å². The SMILES string of the molecule is O[C@H]1CC[C@@H]2[C@H]1[C@@H]1C=C[C@H]2C1. The van der Waals surface area contributed by atoms with Gasteiger partial charge in [0.2, 0.25) is 0 Å². The van der Waals surface area contributed by atoms with Crippen LogP contribution in [0, 0.1) is 23.7 Å². The minimum atomic E-state index is 0.0277. The Morgan fingerprint density at radius 2 is 1.91 bits per heavy atom. The third kappa shape index (κ3) is 0.652. The molecule has 60 valence electrons. The maximum atomic E-state index is 9.69. The van der Waals surface area contributed by atoms with E-state index < -0.39 is 0 Å². The topological polar surface area (TPSA) is 20.2 Å². The largest absolute Gasteiger partial charge is 0.393 e. The van der Waals surface area contributed by atoms with Gasteiger partial charge in [0.1, 0.15) is 0 Å². The number of fused-ring (bicyclic) bond motifs is 5. The summed E-state index contributed by atoms with van der Waals surface area (Å²) in [4.78, 5) is 0. The third-order valence-corrected chi connectivity index (χ3v) is 3.93. The lowest BCUT2D eigenvalue weighted by Crippen LogP contribution is -2.22. The van der Waals surface area contributed by atoms with Gasteiger partial charge in [-0.15, -0.1) is 0 Å². The predicted octanol–water partition coefficient (Wildman–Crippen LogP) is 1.58. The standard InChI is InChI=1S/C10H14O/c11-9-4-3-8-6-1-2-7(5-6)10(8)9/h1-2,6-11H,3-5H2/t6-,7+,8-,9-,10+/m0/s1. The average molecular weight is 150 g/mol. The van der Waals surface area contributed by atoms with E-state index in [1.807, 2.05) is 0 Å². The molecule has 5 atom stereocenters. The van der Waals surface area contributed by atoms with Crippen molar-refractivity contribution in [2.45, 2.75) is 25.4 Å². The van der Waals surface area contributed by atoms with E-state index in [0.717, 1.165) is 24.2 Å². The zero-order valence-corrected chi connectivity index (χ0v) is 6.61. The predicted molar refractivity (Wildman–Crippen MR) is 43.0 cm³/mol. The molecular formula is C10H14O. The van der Waals surface area contributed by atoms with Crippen molar-refractivity contribution in [2.24, 2.45) is 23.7 Å². The minimum Gasteiger partial charge on any atom is -0.393 e. The number of aliphatic hydroxyl groups is 1. The van der Waals surface area contributed by atoms with Crippen LogP contribution in [0.15, 0.2) is 12.2 Å². The summed E-state index contributed by atoms with van der Waals surface area (Å²) in [5.74, 6) is 3.06. The van der Waals surface area contributed by atoms with Crippen LogP contribution >= 0.6 is 0 Å². The Balaban J connectivity index is 1.97. The van der Waals surface area contributed by atoms with Gasteiger partial charge in [-0.2, -0.15) is 0 Å². The second-order valence-corrected chi connectivity index (χ2v) is 4.33. The molecule has 11 heavy (non-hydrogen) atoms. The van der Waals surface area contributed by atoms with E-state index in [1.165, 1.54) is 12.8 Å². The Morgan fingerprint density at radius 3 is 2.73 bits per heavy atom. The van der Waals surface area contributed by atoms with Gasteiger partial charge in [0.05, 0.1) is 6.10 Å². The fourth-order valence-electron chi connectivity index (χ4n) is 3.50. The maximum absolute atomic E-state index is 9.69. The van der Waals surface area contributed by atoms with Crippen LogP contribution in [0.2, 0.25) is 0 Å². The van der Waals surface area contributed by atoms with Gasteiger partial charge in [0.15, 0.2) is 0 Å². The molecule has 0 saturated heterocycles. The fraction of sp³-hybridized carbons (Fsp3) is 0.800. The van der Waals surface area contributed by atoms with E-state index in [0.29, 0.717) is 5.92 Å². The van der Waals surface area contributed by atoms with Crippen LogP contribution in [0.5, 0.6) is 0 Å². The molecule has 1 heteroatoms. The summed E-state index contributed by atoms with van der Waals surface area (Å²) in [5, 5.41) is 9.69. The molecule has 1 nitrogen and oxygen atoms in total. The van der Waals surface area contributed by atoms with Crippen molar-refractivity contribution in [3.63, 3.8) is 0 Å². The molecule has 0 aliphatic heterocycles. The maximum Gasteiger partial charge on any atom is 0.0577 e. The second kappa shape index (κ2) is 1.89. The molecule has 0 amide bonds. The van der Waals surface area contributed by atoms with E-state index in [2.05, 4.69) is 12.2 Å². The molecule has 0 aromatic rings. The Hall–Kier alpha value is -0.300. The average Bonchev–Trinajstić information content (AvgIpc) is 2.60. The monoisotopic (exact) mass is 150 g/mol. The summed E-state index contributed by atoms with van der Waals surface area (Å²) in [7, 11) is 0. The van der Waals surface area contributed by atoms with Crippen molar-refractivity contribution in [3.05, 3.63) is 12.2 Å². The molecular weight excluding hydrogens is 136 g/mol. The van der Waals surface area contributed by atoms with Gasteiger partial charge in [-0.25, -0.2) is 0 Å². The van der Waals surface area contributed by atoms with Crippen LogP contribution in [0.3, 0.4) is 0 Å². The number of hydrogen-bond acceptors (Lipinski definition) is 1. The molecule has 0 unspecified atom stereocenters. The number of rotatable bonds is 0. The molecule has 2 fully saturated rings. The third-order valence-electron chi connectivity index (χ3n) is 3.93. The highest BCUT2D eigenvalue weighted by atomic mass is 16.3. The molecule has 0 aromatic heterocycles. The van der Waals surface area contributed by atoms with Crippen molar-refractivity contribution in [2.75, 3.05) is 0 Å². The number of aliphatic hydroxyl groups excluding tert-OH is 1. The molecule has 0 spiro atoms. The zero-order valence-electron chi connectivity index (χ0n) is 6.61. The first-order valence-electron chi connectivity index (χ1n) is 4.72. The van der Waals surface area contributed by atoms with Gasteiger partial charge in [-0.1, -0.05) is 12.2 Å². The van der Waals surface area contributed by atoms with Crippen LogP contribution in [0.4, 0.5) is 0 Å². The normalized spacial score (nSPS) is 58.8. The summed E-state index contributed by atoms with van der Waals surface area (Å²) < 4.78 is 0. The molecule has 0 radical (unpaired) electrons. The quantitative estimate of drug-likeness (QED) is 0.520. The highest BCUT2D eigenvalue weighted by molar-refractivity contribution is 5.16. The lowest BCUT2D eigenvalue weighted by Gasteiger charge is -2.22. The fourth-order valence-corrected chi connectivity index (χ4v) is 3.50. The highest BCUT2D eigenvalue weighted by Crippen LogP contribution is 2.55. The smallest absolute Gasteiger partial charge is 0.0577 e. The molecule has 2 saturated carbocycles. The van der Waals surface area contributed by atoms with Gasteiger partial charge in [-0.3, -0.25) is 0 Å². The molecule has 0 heterocycles. The van der Waals surface area contributed by atoms with Crippen molar-refractivity contribution in [1.82, 2.24) is 0 Å². The Labute approximate surface area is 67.1 Å². The van der Waals surface area contributed by atoms with Crippen molar-refractivity contribution < 1.29 is 5.11 Å². The van der Waals surface area contributed by atoms with Crippen molar-refractivity contribution in [3.8, 4) is 0 Å². The van der Waals surface area contributed by atoms with E-state index in [4.69, 9.17) is 0 Å². The van der Waals surface area contributed by atoms with Gasteiger partial charge in [-0.05, 0) is 42.9 Å². The van der Waals surface area contributed by atoms with Crippen LogP contribution in [-0.2, 0) is 0 Å². The molecule has 0 aromatic carbocycles. The van der Waals surface area contributed by atoms with Gasteiger partial charge in [0, 0.05) is 0 Å².